The second-order valence-corrected chi connectivity index (χ2v) is 4.98. The van der Waals surface area contributed by atoms with Gasteiger partial charge in [-0.3, -0.25) is 4.79 Å². The molecule has 1 unspecified atom stereocenters. The van der Waals surface area contributed by atoms with Crippen LogP contribution in [-0.4, -0.2) is 38.4 Å². The van der Waals surface area contributed by atoms with Crippen LogP contribution in [0.15, 0.2) is 25.2 Å². The zero-order valence-corrected chi connectivity index (χ0v) is 11.5. The van der Waals surface area contributed by atoms with E-state index < -0.39 is 0 Å². The van der Waals surface area contributed by atoms with Gasteiger partial charge in [0.2, 0.25) is 5.91 Å². The fourth-order valence-corrected chi connectivity index (χ4v) is 2.79. The van der Waals surface area contributed by atoms with Crippen molar-refractivity contribution >= 4 is 22.8 Å². The van der Waals surface area contributed by atoms with Crippen molar-refractivity contribution in [1.29, 1.82) is 0 Å². The minimum atomic E-state index is -0.0553. The molecule has 2 N–H and O–H groups in total. The first-order valence-electron chi connectivity index (χ1n) is 6.64. The van der Waals surface area contributed by atoms with Gasteiger partial charge in [-0.25, -0.2) is 9.97 Å². The summed E-state index contributed by atoms with van der Waals surface area (Å²) in [5.41, 5.74) is 7.30. The van der Waals surface area contributed by atoms with Crippen LogP contribution in [0, 0.1) is 12.3 Å². The zero-order valence-electron chi connectivity index (χ0n) is 11.5. The van der Waals surface area contributed by atoms with Gasteiger partial charge < -0.3 is 15.2 Å². The maximum Gasteiger partial charge on any atom is 0.246 e. The van der Waals surface area contributed by atoms with E-state index in [2.05, 4.69) is 22.5 Å². The van der Waals surface area contributed by atoms with E-state index in [4.69, 9.17) is 12.2 Å². The van der Waals surface area contributed by atoms with Crippen molar-refractivity contribution in [3.05, 3.63) is 30.7 Å². The highest BCUT2D eigenvalue weighted by atomic mass is 16.2. The lowest BCUT2D eigenvalue weighted by atomic mass is 10.2. The van der Waals surface area contributed by atoms with Crippen LogP contribution in [0.5, 0.6) is 0 Å². The summed E-state index contributed by atoms with van der Waals surface area (Å²) in [5.74, 6) is 2.95. The van der Waals surface area contributed by atoms with Gasteiger partial charge in [0.25, 0.3) is 0 Å². The summed E-state index contributed by atoms with van der Waals surface area (Å²) in [6.07, 6.45) is 11.0. The van der Waals surface area contributed by atoms with Gasteiger partial charge in [-0.15, -0.1) is 6.42 Å². The molecule has 0 bridgehead atoms. The Morgan fingerprint density at radius 1 is 1.57 bits per heavy atom. The van der Waals surface area contributed by atoms with Crippen LogP contribution in [0.1, 0.15) is 18.0 Å². The number of fused-ring (bicyclic) bond motifs is 1. The first-order chi connectivity index (χ1) is 10.2. The minimum Gasteiger partial charge on any atom is -0.383 e. The molecular formula is C15H15N5O. The van der Waals surface area contributed by atoms with Gasteiger partial charge in [-0.2, -0.15) is 0 Å². The summed E-state index contributed by atoms with van der Waals surface area (Å²) in [6.45, 7) is 4.83. The number of carbonyl (C=O) groups is 1. The topological polar surface area (TPSA) is 77.0 Å². The summed E-state index contributed by atoms with van der Waals surface area (Å²) < 4.78 is 2.00. The Morgan fingerprint density at radius 3 is 3.10 bits per heavy atom. The van der Waals surface area contributed by atoms with Gasteiger partial charge in [0.1, 0.15) is 17.8 Å². The van der Waals surface area contributed by atoms with Crippen LogP contribution < -0.4 is 5.73 Å². The van der Waals surface area contributed by atoms with E-state index >= 15 is 0 Å². The monoisotopic (exact) mass is 281 g/mol. The van der Waals surface area contributed by atoms with E-state index in [1.807, 2.05) is 10.8 Å². The number of terminal acetylenes is 1. The van der Waals surface area contributed by atoms with Crippen molar-refractivity contribution in [1.82, 2.24) is 19.4 Å². The third kappa shape index (κ3) is 2.03. The molecule has 3 rings (SSSR count). The molecule has 1 amide bonds. The van der Waals surface area contributed by atoms with Crippen molar-refractivity contribution in [2.45, 2.75) is 12.5 Å². The summed E-state index contributed by atoms with van der Waals surface area (Å²) in [5, 5.41) is 0.702. The number of rotatable bonds is 2. The number of nitrogen functional groups attached to an aromatic ring is 1. The maximum atomic E-state index is 11.7. The normalized spacial score (nSPS) is 17.9. The van der Waals surface area contributed by atoms with Crippen molar-refractivity contribution in [3.8, 4) is 12.3 Å². The Labute approximate surface area is 122 Å². The van der Waals surface area contributed by atoms with E-state index in [1.165, 1.54) is 12.4 Å². The van der Waals surface area contributed by atoms with E-state index in [0.717, 1.165) is 6.42 Å². The van der Waals surface area contributed by atoms with E-state index in [1.54, 1.807) is 4.90 Å². The highest BCUT2D eigenvalue weighted by Crippen LogP contribution is 2.30. The molecule has 1 atom stereocenters. The lowest BCUT2D eigenvalue weighted by Crippen LogP contribution is -2.27. The predicted molar refractivity (Wildman–Crippen MR) is 80.3 cm³/mol. The summed E-state index contributed by atoms with van der Waals surface area (Å²) in [7, 11) is 0. The highest BCUT2D eigenvalue weighted by molar-refractivity contribution is 5.92. The van der Waals surface area contributed by atoms with Crippen LogP contribution in [0.25, 0.3) is 11.0 Å². The first-order valence-corrected chi connectivity index (χ1v) is 6.64. The van der Waals surface area contributed by atoms with E-state index in [-0.39, 0.29) is 11.9 Å². The second-order valence-electron chi connectivity index (χ2n) is 4.98. The Kier molecular flexibility index (Phi) is 3.10. The summed E-state index contributed by atoms with van der Waals surface area (Å²) >= 11 is 0. The van der Waals surface area contributed by atoms with Crippen molar-refractivity contribution in [2.75, 3.05) is 18.8 Å². The lowest BCUT2D eigenvalue weighted by Gasteiger charge is -2.15. The Balaban J connectivity index is 2.03. The van der Waals surface area contributed by atoms with Crippen LogP contribution in [-0.2, 0) is 4.79 Å². The smallest absolute Gasteiger partial charge is 0.246 e. The van der Waals surface area contributed by atoms with Crippen LogP contribution in [0.2, 0.25) is 0 Å². The maximum absolute atomic E-state index is 11.7. The number of aromatic nitrogens is 3. The molecule has 1 saturated heterocycles. The van der Waals surface area contributed by atoms with Gasteiger partial charge in [-0.1, -0.05) is 12.5 Å². The average Bonchev–Trinajstić information content (AvgIpc) is 3.11. The predicted octanol–water partition coefficient (Wildman–Crippen LogP) is 0.954. The SMILES string of the molecule is C#Cc1cn(C2CCN(C(=O)C=C)C2)c2ncnc(N)c12. The first kappa shape index (κ1) is 13.2. The third-order valence-corrected chi connectivity index (χ3v) is 3.84. The second kappa shape index (κ2) is 4.94. The molecule has 2 aromatic heterocycles. The standard InChI is InChI=1S/C15H15N5O/c1-3-10-7-20(15-13(10)14(16)17-9-18-15)11-5-6-19(8-11)12(21)4-2/h1,4,7,9,11H,2,5-6,8H2,(H2,16,17,18). The number of nitrogens with two attached hydrogens (primary N) is 1. The van der Waals surface area contributed by atoms with E-state index in [9.17, 15) is 4.79 Å². The molecule has 21 heavy (non-hydrogen) atoms. The van der Waals surface area contributed by atoms with Gasteiger partial charge in [-0.05, 0) is 12.5 Å². The molecule has 106 valence electrons. The molecule has 1 aliphatic heterocycles. The minimum absolute atomic E-state index is 0.0553. The van der Waals surface area contributed by atoms with Gasteiger partial charge in [0.05, 0.1) is 17.0 Å². The summed E-state index contributed by atoms with van der Waals surface area (Å²) in [6, 6.07) is 0.132. The molecule has 0 radical (unpaired) electrons. The number of anilines is 1. The molecule has 0 aromatic carbocycles. The van der Waals surface area contributed by atoms with Gasteiger partial charge in [0, 0.05) is 19.3 Å². The highest BCUT2D eigenvalue weighted by Gasteiger charge is 2.28. The molecule has 0 aliphatic carbocycles. The number of hydrogen-bond acceptors (Lipinski definition) is 4. The average molecular weight is 281 g/mol. The molecule has 3 heterocycles. The third-order valence-electron chi connectivity index (χ3n) is 3.84. The van der Waals surface area contributed by atoms with Crippen LogP contribution in [0.4, 0.5) is 5.82 Å². The molecule has 0 saturated carbocycles. The molecule has 0 spiro atoms. The largest absolute Gasteiger partial charge is 0.383 e. The fraction of sp³-hybridized carbons (Fsp3) is 0.267. The number of hydrogen-bond donors (Lipinski definition) is 1. The quantitative estimate of drug-likeness (QED) is 0.657. The fourth-order valence-electron chi connectivity index (χ4n) is 2.79. The number of carbonyl (C=O) groups excluding carboxylic acids is 1. The van der Waals surface area contributed by atoms with Crippen molar-refractivity contribution in [2.24, 2.45) is 0 Å². The van der Waals surface area contributed by atoms with Gasteiger partial charge >= 0.3 is 0 Å². The van der Waals surface area contributed by atoms with Crippen LogP contribution >= 0.6 is 0 Å². The number of amides is 1. The number of nitrogens with zero attached hydrogens (tertiary/aromatic N) is 4. The van der Waals surface area contributed by atoms with E-state index in [0.29, 0.717) is 35.5 Å². The Bertz CT molecular complexity index is 770. The molecular weight excluding hydrogens is 266 g/mol. The lowest BCUT2D eigenvalue weighted by molar-refractivity contribution is -0.125. The van der Waals surface area contributed by atoms with Crippen molar-refractivity contribution < 1.29 is 4.79 Å². The number of likely N-dealkylation sites (tertiary alicyclic amines) is 1. The summed E-state index contributed by atoms with van der Waals surface area (Å²) in [4.78, 5) is 21.7. The van der Waals surface area contributed by atoms with Gasteiger partial charge in [0.15, 0.2) is 0 Å². The Hall–Kier alpha value is -2.81. The Morgan fingerprint density at radius 2 is 2.38 bits per heavy atom. The molecule has 1 fully saturated rings. The molecule has 2 aromatic rings. The van der Waals surface area contributed by atoms with Crippen LogP contribution in [0.3, 0.4) is 0 Å². The molecule has 6 heteroatoms. The molecule has 6 nitrogen and oxygen atoms in total. The zero-order chi connectivity index (χ0) is 15.0. The van der Waals surface area contributed by atoms with Crippen molar-refractivity contribution in [3.63, 3.8) is 0 Å². The molecule has 1 aliphatic rings.